The smallest absolute Gasteiger partial charge is 0.135 e. The molecule has 0 aliphatic carbocycles. The summed E-state index contributed by atoms with van der Waals surface area (Å²) in [7, 11) is 2.20. The third-order valence-corrected chi connectivity index (χ3v) is 5.03. The van der Waals surface area contributed by atoms with Crippen molar-refractivity contribution in [3.8, 4) is 0 Å². The van der Waals surface area contributed by atoms with E-state index < -0.39 is 0 Å². The lowest BCUT2D eigenvalue weighted by molar-refractivity contribution is 0.147. The van der Waals surface area contributed by atoms with Gasteiger partial charge in [-0.3, -0.25) is 0 Å². The van der Waals surface area contributed by atoms with Gasteiger partial charge in [-0.25, -0.2) is 9.97 Å². The molecule has 0 radical (unpaired) electrons. The van der Waals surface area contributed by atoms with E-state index in [2.05, 4.69) is 65.3 Å². The Morgan fingerprint density at radius 3 is 2.50 bits per heavy atom. The fraction of sp³-hybridized carbons (Fsp3) is 0.524. The number of nitrogens with zero attached hydrogens (tertiary/aromatic N) is 4. The molecule has 1 N–H and O–H groups in total. The number of anilines is 1. The molecule has 1 aromatic heterocycles. The molecule has 0 unspecified atom stereocenters. The number of nitrogens with one attached hydrogen (secondary N) is 1. The highest BCUT2D eigenvalue weighted by molar-refractivity contribution is 5.36. The monoisotopic (exact) mass is 353 g/mol. The Morgan fingerprint density at radius 2 is 1.77 bits per heavy atom. The molecule has 0 spiro atoms. The van der Waals surface area contributed by atoms with Crippen LogP contribution in [0.1, 0.15) is 31.7 Å². The van der Waals surface area contributed by atoms with Crippen LogP contribution in [0, 0.1) is 0 Å². The molecule has 5 nitrogen and oxygen atoms in total. The van der Waals surface area contributed by atoms with Crippen LogP contribution in [0.25, 0.3) is 0 Å². The first-order valence-corrected chi connectivity index (χ1v) is 9.55. The van der Waals surface area contributed by atoms with Crippen LogP contribution in [0.4, 0.5) is 5.82 Å². The molecule has 1 saturated heterocycles. The van der Waals surface area contributed by atoms with Gasteiger partial charge in [-0.05, 0) is 38.9 Å². The molecule has 1 aliphatic rings. The highest BCUT2D eigenvalue weighted by atomic mass is 15.2. The van der Waals surface area contributed by atoms with Gasteiger partial charge in [0, 0.05) is 50.9 Å². The Bertz CT molecular complexity index is 678. The van der Waals surface area contributed by atoms with E-state index in [0.717, 1.165) is 31.0 Å². The largest absolute Gasteiger partial charge is 0.365 e. The maximum Gasteiger partial charge on any atom is 0.135 e. The minimum Gasteiger partial charge on any atom is -0.365 e. The van der Waals surface area contributed by atoms with Crippen LogP contribution in [0.2, 0.25) is 0 Å². The van der Waals surface area contributed by atoms with Crippen molar-refractivity contribution in [1.82, 2.24) is 19.8 Å². The lowest BCUT2D eigenvalue weighted by Crippen LogP contribution is -2.46. The zero-order valence-electron chi connectivity index (χ0n) is 16.3. The summed E-state index contributed by atoms with van der Waals surface area (Å²) in [6.45, 7) is 10.3. The molecule has 0 amide bonds. The summed E-state index contributed by atoms with van der Waals surface area (Å²) in [6.07, 6.45) is 3.71. The number of likely N-dealkylation sites (N-methyl/N-ethyl adjacent to an activating group) is 1. The van der Waals surface area contributed by atoms with Crippen molar-refractivity contribution >= 4 is 5.82 Å². The van der Waals surface area contributed by atoms with Crippen LogP contribution >= 0.6 is 0 Å². The zero-order chi connectivity index (χ0) is 18.4. The first-order valence-electron chi connectivity index (χ1n) is 9.55. The Hall–Kier alpha value is -1.98. The van der Waals surface area contributed by atoms with E-state index in [0.29, 0.717) is 0 Å². The summed E-state index contributed by atoms with van der Waals surface area (Å²) < 4.78 is 0. The third kappa shape index (κ3) is 5.78. The SMILES string of the molecule is CN1CCN(CCC(C)(C)Nc2ccnc(Cc3ccccc3)n2)CC1. The molecule has 0 atom stereocenters. The molecule has 0 bridgehead atoms. The predicted molar refractivity (Wildman–Crippen MR) is 108 cm³/mol. The van der Waals surface area contributed by atoms with Crippen LogP contribution in [0.3, 0.4) is 0 Å². The number of hydrogen-bond donors (Lipinski definition) is 1. The lowest BCUT2D eigenvalue weighted by atomic mass is 10.00. The Kier molecular flexibility index (Phi) is 6.22. The number of hydrogen-bond acceptors (Lipinski definition) is 5. The van der Waals surface area contributed by atoms with Gasteiger partial charge in [0.05, 0.1) is 0 Å². The van der Waals surface area contributed by atoms with Crippen molar-refractivity contribution in [3.05, 3.63) is 54.0 Å². The molecule has 1 aromatic carbocycles. The summed E-state index contributed by atoms with van der Waals surface area (Å²) in [5.41, 5.74) is 1.24. The molecular weight excluding hydrogens is 322 g/mol. The van der Waals surface area contributed by atoms with Crippen molar-refractivity contribution in [2.24, 2.45) is 0 Å². The van der Waals surface area contributed by atoms with Crippen LogP contribution in [-0.4, -0.2) is 65.1 Å². The second kappa shape index (κ2) is 8.60. The maximum absolute atomic E-state index is 4.72. The van der Waals surface area contributed by atoms with Crippen LogP contribution < -0.4 is 5.32 Å². The van der Waals surface area contributed by atoms with Gasteiger partial charge in [-0.15, -0.1) is 0 Å². The molecule has 2 heterocycles. The normalized spacial score (nSPS) is 16.6. The molecule has 5 heteroatoms. The average Bonchev–Trinajstić information content (AvgIpc) is 2.62. The maximum atomic E-state index is 4.72. The number of rotatable bonds is 7. The van der Waals surface area contributed by atoms with Gasteiger partial charge in [-0.2, -0.15) is 0 Å². The second-order valence-corrected chi connectivity index (χ2v) is 7.92. The topological polar surface area (TPSA) is 44.3 Å². The fourth-order valence-corrected chi connectivity index (χ4v) is 3.25. The number of aromatic nitrogens is 2. The van der Waals surface area contributed by atoms with E-state index in [9.17, 15) is 0 Å². The fourth-order valence-electron chi connectivity index (χ4n) is 3.25. The summed E-state index contributed by atoms with van der Waals surface area (Å²) in [6, 6.07) is 12.3. The van der Waals surface area contributed by atoms with Gasteiger partial charge in [0.15, 0.2) is 0 Å². The summed E-state index contributed by atoms with van der Waals surface area (Å²) in [4.78, 5) is 14.1. The molecule has 0 saturated carbocycles. The minimum atomic E-state index is 0.00171. The van der Waals surface area contributed by atoms with E-state index in [4.69, 9.17) is 4.98 Å². The van der Waals surface area contributed by atoms with E-state index >= 15 is 0 Å². The Balaban J connectivity index is 1.54. The first-order chi connectivity index (χ1) is 12.5. The highest BCUT2D eigenvalue weighted by Crippen LogP contribution is 2.18. The van der Waals surface area contributed by atoms with Gasteiger partial charge < -0.3 is 15.1 Å². The summed E-state index contributed by atoms with van der Waals surface area (Å²) >= 11 is 0. The molecule has 2 aromatic rings. The van der Waals surface area contributed by atoms with Crippen molar-refractivity contribution in [1.29, 1.82) is 0 Å². The second-order valence-electron chi connectivity index (χ2n) is 7.92. The molecule has 3 rings (SSSR count). The van der Waals surface area contributed by atoms with Crippen molar-refractivity contribution in [2.45, 2.75) is 32.2 Å². The van der Waals surface area contributed by atoms with Gasteiger partial charge >= 0.3 is 0 Å². The molecule has 1 aliphatic heterocycles. The number of piperazine rings is 1. The summed E-state index contributed by atoms with van der Waals surface area (Å²) in [5.74, 6) is 1.77. The highest BCUT2D eigenvalue weighted by Gasteiger charge is 2.21. The third-order valence-electron chi connectivity index (χ3n) is 5.03. The van der Waals surface area contributed by atoms with Crippen LogP contribution in [0.15, 0.2) is 42.6 Å². The van der Waals surface area contributed by atoms with Crippen LogP contribution in [0.5, 0.6) is 0 Å². The molecule has 1 fully saturated rings. The van der Waals surface area contributed by atoms with E-state index in [1.54, 1.807) is 0 Å². The average molecular weight is 354 g/mol. The lowest BCUT2D eigenvalue weighted by Gasteiger charge is -2.35. The van der Waals surface area contributed by atoms with E-state index in [1.807, 2.05) is 18.3 Å². The van der Waals surface area contributed by atoms with Crippen molar-refractivity contribution in [3.63, 3.8) is 0 Å². The standard InChI is InChI=1S/C21H31N5/c1-21(2,10-12-26-15-13-25(3)14-16-26)24-19-9-11-22-20(23-19)17-18-7-5-4-6-8-18/h4-9,11H,10,12-17H2,1-3H3,(H,22,23,24). The minimum absolute atomic E-state index is 0.00171. The van der Waals surface area contributed by atoms with E-state index in [-0.39, 0.29) is 5.54 Å². The van der Waals surface area contributed by atoms with E-state index in [1.165, 1.54) is 31.7 Å². The number of benzene rings is 1. The van der Waals surface area contributed by atoms with Gasteiger partial charge in [0.25, 0.3) is 0 Å². The predicted octanol–water partition coefficient (Wildman–Crippen LogP) is 2.90. The molecular formula is C21H31N5. The van der Waals surface area contributed by atoms with Gasteiger partial charge in [-0.1, -0.05) is 30.3 Å². The first kappa shape index (κ1) is 18.8. The van der Waals surface area contributed by atoms with Crippen molar-refractivity contribution < 1.29 is 0 Å². The van der Waals surface area contributed by atoms with Crippen LogP contribution in [-0.2, 0) is 6.42 Å². The van der Waals surface area contributed by atoms with Gasteiger partial charge in [0.2, 0.25) is 0 Å². The van der Waals surface area contributed by atoms with Crippen molar-refractivity contribution in [2.75, 3.05) is 45.1 Å². The Labute approximate surface area is 157 Å². The molecule has 26 heavy (non-hydrogen) atoms. The van der Waals surface area contributed by atoms with Gasteiger partial charge in [0.1, 0.15) is 11.6 Å². The summed E-state index contributed by atoms with van der Waals surface area (Å²) in [5, 5.41) is 3.60. The zero-order valence-corrected chi connectivity index (χ0v) is 16.3. The molecule has 140 valence electrons. The Morgan fingerprint density at radius 1 is 1.04 bits per heavy atom. The quantitative estimate of drug-likeness (QED) is 0.829.